The van der Waals surface area contributed by atoms with Gasteiger partial charge in [-0.15, -0.1) is 0 Å². The Labute approximate surface area is 116 Å². The summed E-state index contributed by atoms with van der Waals surface area (Å²) in [5, 5.41) is 13.1. The molecule has 0 aliphatic heterocycles. The van der Waals surface area contributed by atoms with E-state index < -0.39 is 5.54 Å². The molecule has 4 heteroatoms. The van der Waals surface area contributed by atoms with Gasteiger partial charge in [0.2, 0.25) is 0 Å². The molecule has 0 saturated heterocycles. The molecule has 0 aliphatic rings. The van der Waals surface area contributed by atoms with Crippen molar-refractivity contribution in [2.75, 3.05) is 47.0 Å². The summed E-state index contributed by atoms with van der Waals surface area (Å²) in [6.07, 6.45) is 0. The zero-order valence-corrected chi connectivity index (χ0v) is 12.2. The number of ether oxygens (including phenoxy) is 1. The normalized spacial score (nSPS) is 14.6. The summed E-state index contributed by atoms with van der Waals surface area (Å²) in [7, 11) is 3.93. The van der Waals surface area contributed by atoms with Gasteiger partial charge in [-0.1, -0.05) is 30.3 Å². The maximum Gasteiger partial charge on any atom is 0.0795 e. The fourth-order valence-corrected chi connectivity index (χ4v) is 2.20. The average molecular weight is 266 g/mol. The molecule has 1 aromatic rings. The average Bonchev–Trinajstić information content (AvgIpc) is 2.46. The van der Waals surface area contributed by atoms with E-state index in [0.717, 1.165) is 25.3 Å². The van der Waals surface area contributed by atoms with Crippen LogP contribution in [-0.2, 0) is 10.3 Å². The minimum atomic E-state index is -0.428. The molecule has 19 heavy (non-hydrogen) atoms. The topological polar surface area (TPSA) is 44.7 Å². The Bertz CT molecular complexity index is 339. The molecule has 1 rings (SSSR count). The van der Waals surface area contributed by atoms with Gasteiger partial charge in [0.05, 0.1) is 18.8 Å². The van der Waals surface area contributed by atoms with Crippen LogP contribution in [0.1, 0.15) is 12.5 Å². The fourth-order valence-electron chi connectivity index (χ4n) is 2.20. The van der Waals surface area contributed by atoms with Crippen molar-refractivity contribution < 1.29 is 9.84 Å². The quantitative estimate of drug-likeness (QED) is 0.656. The number of nitrogens with zero attached hydrogens (tertiary/aromatic N) is 1. The number of benzene rings is 1. The van der Waals surface area contributed by atoms with E-state index in [2.05, 4.69) is 10.2 Å². The van der Waals surface area contributed by atoms with Gasteiger partial charge in [0.15, 0.2) is 0 Å². The number of aliphatic hydroxyl groups is 1. The number of aliphatic hydroxyl groups excluding tert-OH is 1. The molecule has 0 spiro atoms. The second-order valence-electron chi connectivity index (χ2n) is 4.79. The van der Waals surface area contributed by atoms with E-state index >= 15 is 0 Å². The van der Waals surface area contributed by atoms with E-state index in [1.54, 1.807) is 0 Å². The van der Waals surface area contributed by atoms with E-state index in [1.807, 2.05) is 51.4 Å². The van der Waals surface area contributed by atoms with Crippen molar-refractivity contribution in [2.45, 2.75) is 12.5 Å². The third kappa shape index (κ3) is 4.58. The Morgan fingerprint density at radius 3 is 2.53 bits per heavy atom. The smallest absolute Gasteiger partial charge is 0.0795 e. The maximum absolute atomic E-state index is 9.83. The number of likely N-dealkylation sites (N-methyl/N-ethyl adjacent to an activating group) is 2. The van der Waals surface area contributed by atoms with Crippen molar-refractivity contribution >= 4 is 0 Å². The fraction of sp³-hybridized carbons (Fsp3) is 0.600. The minimum Gasteiger partial charge on any atom is -0.394 e. The van der Waals surface area contributed by atoms with Crippen LogP contribution in [-0.4, -0.2) is 57.0 Å². The third-order valence-electron chi connectivity index (χ3n) is 3.44. The van der Waals surface area contributed by atoms with Crippen LogP contribution < -0.4 is 5.32 Å². The largest absolute Gasteiger partial charge is 0.394 e. The summed E-state index contributed by atoms with van der Waals surface area (Å²) in [5.41, 5.74) is 0.672. The van der Waals surface area contributed by atoms with Crippen LogP contribution in [0.3, 0.4) is 0 Å². The summed E-state index contributed by atoms with van der Waals surface area (Å²) in [4.78, 5) is 2.18. The molecular weight excluding hydrogens is 240 g/mol. The van der Waals surface area contributed by atoms with E-state index in [1.165, 1.54) is 0 Å². The number of hydrogen-bond acceptors (Lipinski definition) is 4. The monoisotopic (exact) mass is 266 g/mol. The van der Waals surface area contributed by atoms with Gasteiger partial charge in [-0.2, -0.15) is 0 Å². The van der Waals surface area contributed by atoms with E-state index in [9.17, 15) is 5.11 Å². The van der Waals surface area contributed by atoms with Crippen LogP contribution in [0.5, 0.6) is 0 Å². The zero-order valence-electron chi connectivity index (χ0n) is 12.2. The highest BCUT2D eigenvalue weighted by Gasteiger charge is 2.30. The summed E-state index contributed by atoms with van der Waals surface area (Å²) in [5.74, 6) is 0. The molecule has 1 aromatic carbocycles. The molecule has 1 atom stereocenters. The Morgan fingerprint density at radius 1 is 1.32 bits per heavy atom. The van der Waals surface area contributed by atoms with Crippen LogP contribution in [0.15, 0.2) is 30.3 Å². The van der Waals surface area contributed by atoms with Gasteiger partial charge in [-0.25, -0.2) is 0 Å². The number of nitrogens with one attached hydrogen (secondary N) is 1. The summed E-state index contributed by atoms with van der Waals surface area (Å²) >= 11 is 0. The predicted molar refractivity (Wildman–Crippen MR) is 78.3 cm³/mol. The van der Waals surface area contributed by atoms with Gasteiger partial charge >= 0.3 is 0 Å². The van der Waals surface area contributed by atoms with E-state index in [0.29, 0.717) is 6.61 Å². The first kappa shape index (κ1) is 16.1. The molecule has 0 heterocycles. The maximum atomic E-state index is 9.83. The highest BCUT2D eigenvalue weighted by atomic mass is 16.5. The molecule has 0 fully saturated rings. The van der Waals surface area contributed by atoms with Gasteiger partial charge in [0.1, 0.15) is 0 Å². The molecule has 2 N–H and O–H groups in total. The van der Waals surface area contributed by atoms with Gasteiger partial charge < -0.3 is 20.1 Å². The summed E-state index contributed by atoms with van der Waals surface area (Å²) in [6.45, 7) is 5.10. The van der Waals surface area contributed by atoms with Crippen LogP contribution in [0.25, 0.3) is 0 Å². The Morgan fingerprint density at radius 2 is 2.00 bits per heavy atom. The molecule has 1 unspecified atom stereocenters. The van der Waals surface area contributed by atoms with Gasteiger partial charge in [0, 0.05) is 19.7 Å². The second kappa shape index (κ2) is 8.27. The molecule has 108 valence electrons. The highest BCUT2D eigenvalue weighted by Crippen LogP contribution is 2.21. The van der Waals surface area contributed by atoms with Crippen molar-refractivity contribution in [2.24, 2.45) is 0 Å². The van der Waals surface area contributed by atoms with Crippen LogP contribution in [0.2, 0.25) is 0 Å². The lowest BCUT2D eigenvalue weighted by atomic mass is 9.90. The van der Waals surface area contributed by atoms with E-state index in [-0.39, 0.29) is 6.61 Å². The SMILES string of the molecule is CCOCCN(C)CC(CO)(NC)c1ccccc1. The standard InChI is InChI=1S/C15H26N2O2/c1-4-19-11-10-17(3)12-15(13-18,16-2)14-8-6-5-7-9-14/h5-9,16,18H,4,10-13H2,1-3H3. The van der Waals surface area contributed by atoms with Gasteiger partial charge in [0.25, 0.3) is 0 Å². The molecular formula is C15H26N2O2. The lowest BCUT2D eigenvalue weighted by Gasteiger charge is -2.36. The molecule has 0 amide bonds. The molecule has 0 saturated carbocycles. The second-order valence-corrected chi connectivity index (χ2v) is 4.79. The van der Waals surface area contributed by atoms with Crippen molar-refractivity contribution in [1.82, 2.24) is 10.2 Å². The molecule has 0 aromatic heterocycles. The lowest BCUT2D eigenvalue weighted by molar-refractivity contribution is 0.0892. The Balaban J connectivity index is 2.71. The molecule has 4 nitrogen and oxygen atoms in total. The Hall–Kier alpha value is -0.940. The molecule has 0 radical (unpaired) electrons. The molecule has 0 aliphatic carbocycles. The van der Waals surface area contributed by atoms with Gasteiger partial charge in [-0.05, 0) is 26.6 Å². The molecule has 0 bridgehead atoms. The van der Waals surface area contributed by atoms with Crippen LogP contribution in [0, 0.1) is 0 Å². The number of hydrogen-bond donors (Lipinski definition) is 2. The predicted octanol–water partition coefficient (Wildman–Crippen LogP) is 1.06. The number of rotatable bonds is 9. The third-order valence-corrected chi connectivity index (χ3v) is 3.44. The van der Waals surface area contributed by atoms with Crippen LogP contribution in [0.4, 0.5) is 0 Å². The first-order chi connectivity index (χ1) is 9.18. The van der Waals surface area contributed by atoms with Crippen molar-refractivity contribution in [3.8, 4) is 0 Å². The Kier molecular flexibility index (Phi) is 7.02. The van der Waals surface area contributed by atoms with Gasteiger partial charge in [-0.3, -0.25) is 0 Å². The first-order valence-electron chi connectivity index (χ1n) is 6.80. The van der Waals surface area contributed by atoms with Crippen LogP contribution >= 0.6 is 0 Å². The minimum absolute atomic E-state index is 0.0620. The van der Waals surface area contributed by atoms with E-state index in [4.69, 9.17) is 4.74 Å². The highest BCUT2D eigenvalue weighted by molar-refractivity contribution is 5.25. The summed E-state index contributed by atoms with van der Waals surface area (Å²) in [6, 6.07) is 10.1. The first-order valence-corrected chi connectivity index (χ1v) is 6.80. The summed E-state index contributed by atoms with van der Waals surface area (Å²) < 4.78 is 5.37. The zero-order chi connectivity index (χ0) is 14.1. The lowest BCUT2D eigenvalue weighted by Crippen LogP contribution is -2.52. The van der Waals surface area contributed by atoms with Crippen molar-refractivity contribution in [3.63, 3.8) is 0 Å². The van der Waals surface area contributed by atoms with Crippen molar-refractivity contribution in [3.05, 3.63) is 35.9 Å². The van der Waals surface area contributed by atoms with Crippen molar-refractivity contribution in [1.29, 1.82) is 0 Å².